The van der Waals surface area contributed by atoms with Crippen LogP contribution in [0, 0.1) is 5.82 Å². The molecule has 1 aliphatic rings. The Labute approximate surface area is 194 Å². The molecule has 3 aromatic rings. The Bertz CT molecular complexity index is 1170. The molecule has 2 aromatic heterocycles. The summed E-state index contributed by atoms with van der Waals surface area (Å²) in [5.41, 5.74) is 1.97. The van der Waals surface area contributed by atoms with E-state index in [-0.39, 0.29) is 23.0 Å². The first-order chi connectivity index (χ1) is 15.5. The summed E-state index contributed by atoms with van der Waals surface area (Å²) in [4.78, 5) is 34.5. The SMILES string of the molecule is COCCn1c(SCC(=O)N(C)Cc2ccc(F)cc2)nc2sc3c(c2c1=O)CCCC3. The van der Waals surface area contributed by atoms with Crippen LogP contribution < -0.4 is 5.56 Å². The van der Waals surface area contributed by atoms with Crippen LogP contribution in [0.15, 0.2) is 34.2 Å². The van der Waals surface area contributed by atoms with Gasteiger partial charge in [0.2, 0.25) is 5.91 Å². The summed E-state index contributed by atoms with van der Waals surface area (Å²) in [7, 11) is 3.32. The number of methoxy groups -OCH3 is 1. The van der Waals surface area contributed by atoms with Crippen molar-refractivity contribution in [2.45, 2.75) is 43.9 Å². The third-order valence-electron chi connectivity index (χ3n) is 5.64. The maximum atomic E-state index is 13.4. The van der Waals surface area contributed by atoms with Gasteiger partial charge >= 0.3 is 0 Å². The van der Waals surface area contributed by atoms with E-state index in [0.717, 1.165) is 47.0 Å². The second-order valence-electron chi connectivity index (χ2n) is 7.90. The predicted molar refractivity (Wildman–Crippen MR) is 126 cm³/mol. The zero-order chi connectivity index (χ0) is 22.7. The first-order valence-electron chi connectivity index (χ1n) is 10.6. The number of thioether (sulfide) groups is 1. The van der Waals surface area contributed by atoms with Gasteiger partial charge in [-0.2, -0.15) is 0 Å². The van der Waals surface area contributed by atoms with Crippen molar-refractivity contribution >= 4 is 39.2 Å². The van der Waals surface area contributed by atoms with Crippen molar-refractivity contribution in [2.24, 2.45) is 0 Å². The van der Waals surface area contributed by atoms with E-state index in [4.69, 9.17) is 9.72 Å². The molecular weight excluding hydrogens is 449 g/mol. The van der Waals surface area contributed by atoms with E-state index in [1.807, 2.05) is 0 Å². The van der Waals surface area contributed by atoms with Gasteiger partial charge < -0.3 is 9.64 Å². The van der Waals surface area contributed by atoms with Gasteiger partial charge in [-0.1, -0.05) is 23.9 Å². The number of aryl methyl sites for hydroxylation is 2. The second kappa shape index (κ2) is 10.1. The van der Waals surface area contributed by atoms with Crippen LogP contribution in [-0.2, 0) is 35.5 Å². The van der Waals surface area contributed by atoms with Crippen LogP contribution in [0.4, 0.5) is 4.39 Å². The molecule has 9 heteroatoms. The van der Waals surface area contributed by atoms with Gasteiger partial charge in [0.05, 0.1) is 24.3 Å². The van der Waals surface area contributed by atoms with Crippen molar-refractivity contribution in [3.8, 4) is 0 Å². The second-order valence-corrected chi connectivity index (χ2v) is 9.93. The molecule has 0 saturated heterocycles. The number of benzene rings is 1. The molecule has 2 heterocycles. The zero-order valence-corrected chi connectivity index (χ0v) is 19.9. The largest absolute Gasteiger partial charge is 0.383 e. The van der Waals surface area contributed by atoms with Crippen molar-refractivity contribution in [2.75, 3.05) is 26.5 Å². The number of hydrogen-bond acceptors (Lipinski definition) is 6. The van der Waals surface area contributed by atoms with Gasteiger partial charge in [-0.25, -0.2) is 9.37 Å². The summed E-state index contributed by atoms with van der Waals surface area (Å²) >= 11 is 2.88. The summed E-state index contributed by atoms with van der Waals surface area (Å²) in [6, 6.07) is 6.11. The van der Waals surface area contributed by atoms with Gasteiger partial charge in [-0.3, -0.25) is 14.2 Å². The van der Waals surface area contributed by atoms with Gasteiger partial charge in [0.15, 0.2) is 5.16 Å². The quantitative estimate of drug-likeness (QED) is 0.366. The monoisotopic (exact) mass is 475 g/mol. The molecule has 0 spiro atoms. The number of nitrogens with zero attached hydrogens (tertiary/aromatic N) is 3. The minimum absolute atomic E-state index is 0.0407. The number of carbonyl (C=O) groups excluding carboxylic acids is 1. The molecular formula is C23H26FN3O3S2. The Balaban J connectivity index is 1.55. The maximum absolute atomic E-state index is 13.4. The number of ether oxygens (including phenoxy) is 1. The lowest BCUT2D eigenvalue weighted by atomic mass is 9.97. The van der Waals surface area contributed by atoms with Crippen molar-refractivity contribution in [3.63, 3.8) is 0 Å². The van der Waals surface area contributed by atoms with E-state index in [0.29, 0.717) is 24.9 Å². The lowest BCUT2D eigenvalue weighted by Crippen LogP contribution is -2.29. The fourth-order valence-corrected chi connectivity index (χ4v) is 6.17. The van der Waals surface area contributed by atoms with Gasteiger partial charge in [-0.15, -0.1) is 11.3 Å². The van der Waals surface area contributed by atoms with Crippen LogP contribution in [0.2, 0.25) is 0 Å². The smallest absolute Gasteiger partial charge is 0.263 e. The molecule has 170 valence electrons. The van der Waals surface area contributed by atoms with E-state index in [1.165, 1.54) is 28.8 Å². The van der Waals surface area contributed by atoms with E-state index in [1.54, 1.807) is 47.1 Å². The Morgan fingerprint density at radius 3 is 2.78 bits per heavy atom. The molecule has 1 aromatic carbocycles. The molecule has 0 saturated carbocycles. The number of fused-ring (bicyclic) bond motifs is 3. The number of aromatic nitrogens is 2. The van der Waals surface area contributed by atoms with Gasteiger partial charge in [-0.05, 0) is 48.9 Å². The number of carbonyl (C=O) groups is 1. The summed E-state index contributed by atoms with van der Waals surface area (Å²) in [5.74, 6) is -0.227. The number of rotatable bonds is 8. The molecule has 0 bridgehead atoms. The highest BCUT2D eigenvalue weighted by atomic mass is 32.2. The fraction of sp³-hybridized carbons (Fsp3) is 0.435. The fourth-order valence-electron chi connectivity index (χ4n) is 3.90. The maximum Gasteiger partial charge on any atom is 0.263 e. The Morgan fingerprint density at radius 2 is 2.03 bits per heavy atom. The number of halogens is 1. The molecule has 0 N–H and O–H groups in total. The van der Waals surface area contributed by atoms with Crippen LogP contribution in [0.1, 0.15) is 28.8 Å². The highest BCUT2D eigenvalue weighted by Gasteiger charge is 2.23. The molecule has 4 rings (SSSR count). The minimum atomic E-state index is -0.302. The van der Waals surface area contributed by atoms with Gasteiger partial charge in [0.1, 0.15) is 10.6 Å². The highest BCUT2D eigenvalue weighted by molar-refractivity contribution is 7.99. The molecule has 32 heavy (non-hydrogen) atoms. The first kappa shape index (κ1) is 22.9. The topological polar surface area (TPSA) is 64.4 Å². The number of hydrogen-bond donors (Lipinski definition) is 0. The van der Waals surface area contributed by atoms with Gasteiger partial charge in [0, 0.05) is 25.6 Å². The molecule has 0 aliphatic heterocycles. The van der Waals surface area contributed by atoms with Crippen LogP contribution in [0.3, 0.4) is 0 Å². The average Bonchev–Trinajstić information content (AvgIpc) is 3.17. The van der Waals surface area contributed by atoms with Crippen LogP contribution in [0.5, 0.6) is 0 Å². The van der Waals surface area contributed by atoms with Crippen molar-refractivity contribution in [3.05, 3.63) is 56.4 Å². The molecule has 0 fully saturated rings. The zero-order valence-electron chi connectivity index (χ0n) is 18.2. The Kier molecular flexibility index (Phi) is 7.27. The standard InChI is InChI=1S/C23H26FN3O3S2/c1-26(13-15-7-9-16(24)10-8-15)19(28)14-31-23-25-21-20(22(29)27(23)11-12-30-2)17-5-3-4-6-18(17)32-21/h7-10H,3-6,11-14H2,1-2H3. The summed E-state index contributed by atoms with van der Waals surface area (Å²) in [6.45, 7) is 1.18. The Morgan fingerprint density at radius 1 is 1.28 bits per heavy atom. The minimum Gasteiger partial charge on any atom is -0.383 e. The van der Waals surface area contributed by atoms with Crippen LogP contribution >= 0.6 is 23.1 Å². The van der Waals surface area contributed by atoms with Crippen molar-refractivity contribution in [1.82, 2.24) is 14.5 Å². The van der Waals surface area contributed by atoms with E-state index < -0.39 is 0 Å². The molecule has 0 atom stereocenters. The average molecular weight is 476 g/mol. The summed E-state index contributed by atoms with van der Waals surface area (Å²) in [6.07, 6.45) is 4.18. The molecule has 1 amide bonds. The lowest BCUT2D eigenvalue weighted by Gasteiger charge is -2.18. The molecule has 0 unspecified atom stereocenters. The van der Waals surface area contributed by atoms with E-state index in [9.17, 15) is 14.0 Å². The number of thiophene rings is 1. The van der Waals surface area contributed by atoms with Crippen molar-refractivity contribution < 1.29 is 13.9 Å². The molecule has 1 aliphatic carbocycles. The summed E-state index contributed by atoms with van der Waals surface area (Å²) in [5, 5.41) is 1.28. The lowest BCUT2D eigenvalue weighted by molar-refractivity contribution is -0.127. The number of amides is 1. The Hall–Kier alpha value is -2.23. The first-order valence-corrected chi connectivity index (χ1v) is 12.4. The molecule has 6 nitrogen and oxygen atoms in total. The third kappa shape index (κ3) is 4.89. The van der Waals surface area contributed by atoms with Gasteiger partial charge in [0.25, 0.3) is 5.56 Å². The van der Waals surface area contributed by atoms with E-state index >= 15 is 0 Å². The van der Waals surface area contributed by atoms with Crippen LogP contribution in [0.25, 0.3) is 10.2 Å². The highest BCUT2D eigenvalue weighted by Crippen LogP contribution is 2.34. The third-order valence-corrected chi connectivity index (χ3v) is 7.79. The normalized spacial score (nSPS) is 13.3. The summed E-state index contributed by atoms with van der Waals surface area (Å²) < 4.78 is 20.0. The molecule has 0 radical (unpaired) electrons. The van der Waals surface area contributed by atoms with Crippen LogP contribution in [-0.4, -0.2) is 46.9 Å². The van der Waals surface area contributed by atoms with E-state index in [2.05, 4.69) is 0 Å². The van der Waals surface area contributed by atoms with Crippen molar-refractivity contribution in [1.29, 1.82) is 0 Å². The predicted octanol–water partition coefficient (Wildman–Crippen LogP) is 3.87.